The summed E-state index contributed by atoms with van der Waals surface area (Å²) in [5.74, 6) is 7.70. The highest BCUT2D eigenvalue weighted by molar-refractivity contribution is 5.53. The van der Waals surface area contributed by atoms with Crippen LogP contribution in [0.1, 0.15) is 5.56 Å². The summed E-state index contributed by atoms with van der Waals surface area (Å²) >= 11 is 0. The number of para-hydroxylation sites is 1. The summed E-state index contributed by atoms with van der Waals surface area (Å²) < 4.78 is 5.73. The highest BCUT2D eigenvalue weighted by Crippen LogP contribution is 2.26. The van der Waals surface area contributed by atoms with E-state index in [0.717, 1.165) is 23.7 Å². The van der Waals surface area contributed by atoms with Gasteiger partial charge in [-0.05, 0) is 6.07 Å². The lowest BCUT2D eigenvalue weighted by Crippen LogP contribution is -2.27. The number of rotatable bonds is 2. The van der Waals surface area contributed by atoms with E-state index >= 15 is 0 Å². The van der Waals surface area contributed by atoms with Crippen molar-refractivity contribution in [2.45, 2.75) is 6.54 Å². The fourth-order valence-corrected chi connectivity index (χ4v) is 2.21. The third-order valence-corrected chi connectivity index (χ3v) is 3.15. The second-order valence-electron chi connectivity index (χ2n) is 4.49. The van der Waals surface area contributed by atoms with Crippen LogP contribution in [-0.2, 0) is 6.54 Å². The Labute approximate surface area is 116 Å². The largest absolute Gasteiger partial charge is 0.491 e. The van der Waals surface area contributed by atoms with Crippen LogP contribution >= 0.6 is 0 Å². The summed E-state index contributed by atoms with van der Waals surface area (Å²) in [5.41, 5.74) is 9.31. The number of hydrazine groups is 1. The second-order valence-corrected chi connectivity index (χ2v) is 4.49. The van der Waals surface area contributed by atoms with Gasteiger partial charge in [0.05, 0.1) is 6.54 Å². The Balaban J connectivity index is 1.93. The molecule has 1 aromatic carbocycles. The zero-order valence-corrected chi connectivity index (χ0v) is 10.9. The molecule has 0 fully saturated rings. The van der Waals surface area contributed by atoms with Crippen LogP contribution in [0.4, 0.5) is 17.6 Å². The third-order valence-electron chi connectivity index (χ3n) is 3.15. The van der Waals surface area contributed by atoms with Crippen molar-refractivity contribution in [1.29, 1.82) is 0 Å². The number of ether oxygens (including phenoxy) is 1. The molecule has 20 heavy (non-hydrogen) atoms. The molecule has 2 heterocycles. The molecule has 0 saturated carbocycles. The molecule has 1 aliphatic heterocycles. The molecule has 7 heteroatoms. The van der Waals surface area contributed by atoms with Gasteiger partial charge >= 0.3 is 0 Å². The molecule has 3 rings (SSSR count). The van der Waals surface area contributed by atoms with E-state index in [1.54, 1.807) is 6.07 Å². The fraction of sp³-hybridized carbons (Fsp3) is 0.231. The van der Waals surface area contributed by atoms with Gasteiger partial charge in [-0.2, -0.15) is 9.97 Å². The highest BCUT2D eigenvalue weighted by atomic mass is 16.5. The predicted molar refractivity (Wildman–Crippen MR) is 77.2 cm³/mol. The number of nitrogens with one attached hydrogen (secondary N) is 1. The number of fused-ring (bicyclic) bond motifs is 1. The van der Waals surface area contributed by atoms with Gasteiger partial charge in [0.15, 0.2) is 0 Å². The summed E-state index contributed by atoms with van der Waals surface area (Å²) in [5, 5.41) is 0. The highest BCUT2D eigenvalue weighted by Gasteiger charge is 2.17. The van der Waals surface area contributed by atoms with Crippen LogP contribution < -0.4 is 26.6 Å². The maximum absolute atomic E-state index is 5.73. The number of hydrogen-bond acceptors (Lipinski definition) is 7. The zero-order valence-electron chi connectivity index (χ0n) is 10.9. The van der Waals surface area contributed by atoms with Gasteiger partial charge in [-0.25, -0.2) is 5.84 Å². The summed E-state index contributed by atoms with van der Waals surface area (Å²) in [6, 6.07) is 9.74. The standard InChI is InChI=1S/C13H16N6O/c14-13-16-11(18-15)7-12(17-13)19-5-6-20-10-4-2-1-3-9(10)8-19/h1-4,7H,5-6,8,15H2,(H3,14,16,17,18). The number of nitrogen functional groups attached to an aromatic ring is 2. The van der Waals surface area contributed by atoms with Crippen LogP contribution in [0.25, 0.3) is 0 Å². The molecule has 2 aromatic rings. The lowest BCUT2D eigenvalue weighted by molar-refractivity contribution is 0.331. The van der Waals surface area contributed by atoms with Crippen molar-refractivity contribution in [3.05, 3.63) is 35.9 Å². The van der Waals surface area contributed by atoms with E-state index < -0.39 is 0 Å². The minimum absolute atomic E-state index is 0.189. The molecular formula is C13H16N6O. The number of nitrogens with two attached hydrogens (primary N) is 2. The van der Waals surface area contributed by atoms with E-state index in [9.17, 15) is 0 Å². The van der Waals surface area contributed by atoms with Crippen LogP contribution in [0.5, 0.6) is 5.75 Å². The first-order valence-electron chi connectivity index (χ1n) is 6.33. The van der Waals surface area contributed by atoms with Crippen molar-refractivity contribution in [2.24, 2.45) is 5.84 Å². The molecule has 0 bridgehead atoms. The Morgan fingerprint density at radius 2 is 2.10 bits per heavy atom. The molecule has 0 amide bonds. The quantitative estimate of drug-likeness (QED) is 0.547. The maximum Gasteiger partial charge on any atom is 0.223 e. The van der Waals surface area contributed by atoms with Gasteiger partial charge in [0, 0.05) is 18.2 Å². The zero-order chi connectivity index (χ0) is 13.9. The minimum Gasteiger partial charge on any atom is -0.491 e. The van der Waals surface area contributed by atoms with Gasteiger partial charge in [0.2, 0.25) is 5.95 Å². The topological polar surface area (TPSA) is 102 Å². The van der Waals surface area contributed by atoms with Crippen molar-refractivity contribution in [2.75, 3.05) is 29.2 Å². The molecule has 1 aromatic heterocycles. The van der Waals surface area contributed by atoms with Crippen molar-refractivity contribution in [3.8, 4) is 5.75 Å². The Kier molecular flexibility index (Phi) is 3.26. The van der Waals surface area contributed by atoms with Gasteiger partial charge in [-0.1, -0.05) is 18.2 Å². The maximum atomic E-state index is 5.73. The molecule has 104 valence electrons. The SMILES string of the molecule is NNc1cc(N2CCOc3ccccc3C2)nc(N)n1. The molecule has 0 saturated heterocycles. The van der Waals surface area contributed by atoms with E-state index in [1.807, 2.05) is 24.3 Å². The second kappa shape index (κ2) is 5.22. The van der Waals surface area contributed by atoms with E-state index in [0.29, 0.717) is 19.0 Å². The summed E-state index contributed by atoms with van der Waals surface area (Å²) in [4.78, 5) is 10.3. The van der Waals surface area contributed by atoms with E-state index in [4.69, 9.17) is 16.3 Å². The molecule has 1 aliphatic rings. The van der Waals surface area contributed by atoms with Crippen molar-refractivity contribution >= 4 is 17.6 Å². The fourth-order valence-electron chi connectivity index (χ4n) is 2.21. The van der Waals surface area contributed by atoms with E-state index in [-0.39, 0.29) is 5.95 Å². The van der Waals surface area contributed by atoms with Gasteiger partial charge in [0.1, 0.15) is 24.0 Å². The average Bonchev–Trinajstić information content (AvgIpc) is 2.68. The third kappa shape index (κ3) is 2.43. The number of benzene rings is 1. The first kappa shape index (κ1) is 12.5. The van der Waals surface area contributed by atoms with Gasteiger partial charge in [-0.15, -0.1) is 0 Å². The van der Waals surface area contributed by atoms with Crippen LogP contribution in [0.15, 0.2) is 30.3 Å². The number of anilines is 3. The molecule has 0 atom stereocenters. The molecule has 0 spiro atoms. The van der Waals surface area contributed by atoms with Crippen LogP contribution in [-0.4, -0.2) is 23.1 Å². The molecule has 7 nitrogen and oxygen atoms in total. The van der Waals surface area contributed by atoms with Crippen LogP contribution in [0, 0.1) is 0 Å². The minimum atomic E-state index is 0.189. The predicted octanol–water partition coefficient (Wildman–Crippen LogP) is 0.743. The van der Waals surface area contributed by atoms with Gasteiger partial charge < -0.3 is 20.8 Å². The van der Waals surface area contributed by atoms with Gasteiger partial charge in [0.25, 0.3) is 0 Å². The van der Waals surface area contributed by atoms with E-state index in [2.05, 4.69) is 20.3 Å². The summed E-state index contributed by atoms with van der Waals surface area (Å²) in [6.07, 6.45) is 0. The lowest BCUT2D eigenvalue weighted by Gasteiger charge is -2.21. The Bertz CT molecular complexity index is 618. The molecule has 5 N–H and O–H groups in total. The first-order valence-corrected chi connectivity index (χ1v) is 6.33. The van der Waals surface area contributed by atoms with Crippen LogP contribution in [0.3, 0.4) is 0 Å². The van der Waals surface area contributed by atoms with Crippen molar-refractivity contribution in [1.82, 2.24) is 9.97 Å². The molecular weight excluding hydrogens is 256 g/mol. The number of nitrogens with zero attached hydrogens (tertiary/aromatic N) is 3. The van der Waals surface area contributed by atoms with E-state index in [1.165, 1.54) is 0 Å². The lowest BCUT2D eigenvalue weighted by atomic mass is 10.2. The number of hydrogen-bond donors (Lipinski definition) is 3. The van der Waals surface area contributed by atoms with Gasteiger partial charge in [-0.3, -0.25) is 0 Å². The smallest absolute Gasteiger partial charge is 0.223 e. The summed E-state index contributed by atoms with van der Waals surface area (Å²) in [7, 11) is 0. The Morgan fingerprint density at radius 3 is 2.95 bits per heavy atom. The molecule has 0 radical (unpaired) electrons. The molecule has 0 unspecified atom stereocenters. The van der Waals surface area contributed by atoms with Crippen molar-refractivity contribution in [3.63, 3.8) is 0 Å². The number of aromatic nitrogens is 2. The monoisotopic (exact) mass is 272 g/mol. The van der Waals surface area contributed by atoms with Crippen LogP contribution in [0.2, 0.25) is 0 Å². The normalized spacial score (nSPS) is 14.2. The Morgan fingerprint density at radius 1 is 1.25 bits per heavy atom. The summed E-state index contributed by atoms with van der Waals surface area (Å²) in [6.45, 7) is 2.01. The Hall–Kier alpha value is -2.54. The average molecular weight is 272 g/mol. The van der Waals surface area contributed by atoms with Crippen molar-refractivity contribution < 1.29 is 4.74 Å². The first-order chi connectivity index (χ1) is 9.76. The molecule has 0 aliphatic carbocycles.